The molecule has 2 heterocycles. The van der Waals surface area contributed by atoms with E-state index in [1.807, 2.05) is 0 Å². The zero-order valence-corrected chi connectivity index (χ0v) is 11.7. The third kappa shape index (κ3) is 3.47. The van der Waals surface area contributed by atoms with Gasteiger partial charge in [0.15, 0.2) is 0 Å². The summed E-state index contributed by atoms with van der Waals surface area (Å²) in [4.78, 5) is 27.3. The van der Waals surface area contributed by atoms with Gasteiger partial charge in [-0.25, -0.2) is 0 Å². The lowest BCUT2D eigenvalue weighted by Crippen LogP contribution is -2.36. The second kappa shape index (κ2) is 6.06. The van der Waals surface area contributed by atoms with E-state index < -0.39 is 10.9 Å². The van der Waals surface area contributed by atoms with E-state index in [-0.39, 0.29) is 17.2 Å². The Labute approximate surface area is 117 Å². The molecule has 104 valence electrons. The second-order valence-corrected chi connectivity index (χ2v) is 4.79. The summed E-state index contributed by atoms with van der Waals surface area (Å²) in [6.45, 7) is 2.90. The van der Waals surface area contributed by atoms with Crippen LogP contribution in [-0.4, -0.2) is 56.7 Å². The van der Waals surface area contributed by atoms with Gasteiger partial charge >= 0.3 is 5.95 Å². The lowest BCUT2D eigenvalue weighted by molar-refractivity contribution is -0.394. The third-order valence-corrected chi connectivity index (χ3v) is 3.34. The van der Waals surface area contributed by atoms with Gasteiger partial charge in [0.1, 0.15) is 6.54 Å². The highest BCUT2D eigenvalue weighted by molar-refractivity contribution is 9.10. The predicted octanol–water partition coefficient (Wildman–Crippen LogP) is -0.229. The normalized spacial score (nSPS) is 16.2. The van der Waals surface area contributed by atoms with Crippen LogP contribution in [0.15, 0.2) is 4.73 Å². The highest BCUT2D eigenvalue weighted by atomic mass is 79.9. The van der Waals surface area contributed by atoms with Gasteiger partial charge in [-0.05, 0) is 22.9 Å². The second-order valence-electron chi connectivity index (χ2n) is 4.08. The van der Waals surface area contributed by atoms with Crippen LogP contribution in [0.5, 0.6) is 0 Å². The van der Waals surface area contributed by atoms with Crippen LogP contribution in [0.25, 0.3) is 0 Å². The molecule has 0 spiro atoms. The number of carbonyl (C=O) groups excluding carboxylic acids is 1. The van der Waals surface area contributed by atoms with E-state index in [1.54, 1.807) is 4.90 Å². The maximum absolute atomic E-state index is 12.1. The Hall–Kier alpha value is -1.55. The van der Waals surface area contributed by atoms with Gasteiger partial charge in [-0.1, -0.05) is 0 Å². The zero-order chi connectivity index (χ0) is 13.8. The van der Waals surface area contributed by atoms with E-state index in [1.165, 1.54) is 4.68 Å². The predicted molar refractivity (Wildman–Crippen MR) is 68.4 cm³/mol. The number of hydrogen-bond acceptors (Lipinski definition) is 6. The van der Waals surface area contributed by atoms with Crippen molar-refractivity contribution in [1.82, 2.24) is 25.0 Å². The summed E-state index contributed by atoms with van der Waals surface area (Å²) in [7, 11) is 0. The molecular weight excluding hydrogens is 320 g/mol. The number of hydrogen-bond donors (Lipinski definition) is 1. The molecule has 0 aromatic carbocycles. The first-order valence-electron chi connectivity index (χ1n) is 5.81. The molecule has 1 fully saturated rings. The molecule has 1 amide bonds. The number of aromatic nitrogens is 3. The summed E-state index contributed by atoms with van der Waals surface area (Å²) >= 11 is 3.06. The van der Waals surface area contributed by atoms with Crippen molar-refractivity contribution in [3.8, 4) is 0 Å². The molecule has 0 unspecified atom stereocenters. The summed E-state index contributed by atoms with van der Waals surface area (Å²) in [5, 5.41) is 17.4. The summed E-state index contributed by atoms with van der Waals surface area (Å²) in [6.07, 6.45) is 0.893. The highest BCUT2D eigenvalue weighted by Gasteiger charge is 2.23. The first-order chi connectivity index (χ1) is 9.08. The number of amides is 1. The van der Waals surface area contributed by atoms with Crippen molar-refractivity contribution in [2.75, 3.05) is 26.2 Å². The van der Waals surface area contributed by atoms with E-state index in [9.17, 15) is 14.9 Å². The smallest absolute Gasteiger partial charge is 0.390 e. The summed E-state index contributed by atoms with van der Waals surface area (Å²) in [5.74, 6) is -0.638. The van der Waals surface area contributed by atoms with Crippen molar-refractivity contribution in [2.24, 2.45) is 0 Å². The standard InChI is InChI=1S/C9H13BrN6O3/c10-8-12-9(16(18)19)13-15(8)6-7(17)14-4-1-2-11-3-5-14/h11H,1-6H2. The van der Waals surface area contributed by atoms with Gasteiger partial charge in [0.25, 0.3) is 4.73 Å². The van der Waals surface area contributed by atoms with Crippen LogP contribution in [0.1, 0.15) is 6.42 Å². The van der Waals surface area contributed by atoms with Crippen LogP contribution in [-0.2, 0) is 11.3 Å². The van der Waals surface area contributed by atoms with Crippen LogP contribution in [0.2, 0.25) is 0 Å². The van der Waals surface area contributed by atoms with E-state index in [0.29, 0.717) is 13.1 Å². The van der Waals surface area contributed by atoms with E-state index in [0.717, 1.165) is 19.5 Å². The summed E-state index contributed by atoms with van der Waals surface area (Å²) < 4.78 is 1.37. The zero-order valence-electron chi connectivity index (χ0n) is 10.1. The van der Waals surface area contributed by atoms with Crippen molar-refractivity contribution < 1.29 is 9.72 Å². The molecule has 9 nitrogen and oxygen atoms in total. The van der Waals surface area contributed by atoms with Crippen LogP contribution in [0, 0.1) is 10.1 Å². The lowest BCUT2D eigenvalue weighted by Gasteiger charge is -2.19. The molecule has 1 N–H and O–H groups in total. The number of nitrogens with one attached hydrogen (secondary N) is 1. The fourth-order valence-electron chi connectivity index (χ4n) is 1.81. The number of carbonyl (C=O) groups is 1. The Bertz CT molecular complexity index is 482. The van der Waals surface area contributed by atoms with Gasteiger partial charge in [0, 0.05) is 40.7 Å². The van der Waals surface area contributed by atoms with Crippen molar-refractivity contribution in [3.63, 3.8) is 0 Å². The molecule has 2 rings (SSSR count). The number of rotatable bonds is 3. The topological polar surface area (TPSA) is 106 Å². The number of halogens is 1. The van der Waals surface area contributed by atoms with Crippen molar-refractivity contribution in [3.05, 3.63) is 14.8 Å². The van der Waals surface area contributed by atoms with Crippen LogP contribution < -0.4 is 5.32 Å². The minimum Gasteiger partial charge on any atom is -0.390 e. The lowest BCUT2D eigenvalue weighted by atomic mass is 10.4. The molecule has 10 heteroatoms. The fourth-order valence-corrected chi connectivity index (χ4v) is 2.18. The Morgan fingerprint density at radius 2 is 2.26 bits per heavy atom. The minimum absolute atomic E-state index is 0.0541. The summed E-state index contributed by atoms with van der Waals surface area (Å²) in [6, 6.07) is 0. The van der Waals surface area contributed by atoms with Crippen molar-refractivity contribution >= 4 is 27.8 Å². The van der Waals surface area contributed by atoms with Crippen LogP contribution in [0.3, 0.4) is 0 Å². The number of nitro groups is 1. The van der Waals surface area contributed by atoms with Gasteiger partial charge in [-0.15, -0.1) is 0 Å². The maximum atomic E-state index is 12.1. The monoisotopic (exact) mass is 332 g/mol. The van der Waals surface area contributed by atoms with E-state index in [2.05, 4.69) is 31.3 Å². The molecule has 1 aromatic rings. The molecule has 1 aromatic heterocycles. The maximum Gasteiger partial charge on any atom is 0.492 e. The van der Waals surface area contributed by atoms with Gasteiger partial charge < -0.3 is 20.3 Å². The first kappa shape index (κ1) is 13.9. The molecule has 19 heavy (non-hydrogen) atoms. The summed E-state index contributed by atoms with van der Waals surface area (Å²) in [5.41, 5.74) is 0. The van der Waals surface area contributed by atoms with E-state index in [4.69, 9.17) is 0 Å². The van der Waals surface area contributed by atoms with Gasteiger partial charge in [0.05, 0.1) is 0 Å². The minimum atomic E-state index is -0.693. The Morgan fingerprint density at radius 3 is 2.95 bits per heavy atom. The average molecular weight is 333 g/mol. The first-order valence-corrected chi connectivity index (χ1v) is 6.60. The quantitative estimate of drug-likeness (QED) is 0.605. The third-order valence-electron chi connectivity index (χ3n) is 2.76. The fraction of sp³-hybridized carbons (Fsp3) is 0.667. The molecular formula is C9H13BrN6O3. The van der Waals surface area contributed by atoms with Crippen LogP contribution in [0.4, 0.5) is 5.95 Å². The molecule has 1 aliphatic rings. The Kier molecular flexibility index (Phi) is 4.43. The molecule has 0 bridgehead atoms. The Morgan fingerprint density at radius 1 is 1.47 bits per heavy atom. The van der Waals surface area contributed by atoms with Gasteiger partial charge in [0.2, 0.25) is 5.91 Å². The molecule has 0 atom stereocenters. The average Bonchev–Trinajstić information content (AvgIpc) is 2.60. The van der Waals surface area contributed by atoms with Crippen molar-refractivity contribution in [1.29, 1.82) is 0 Å². The molecule has 1 saturated heterocycles. The van der Waals surface area contributed by atoms with Crippen LogP contribution >= 0.6 is 15.9 Å². The van der Waals surface area contributed by atoms with Crippen molar-refractivity contribution in [2.45, 2.75) is 13.0 Å². The van der Waals surface area contributed by atoms with Gasteiger partial charge in [-0.2, -0.15) is 4.68 Å². The molecule has 0 radical (unpaired) electrons. The largest absolute Gasteiger partial charge is 0.492 e. The molecule has 0 aliphatic carbocycles. The molecule has 0 saturated carbocycles. The SMILES string of the molecule is O=C(Cn1nc([N+](=O)[O-])nc1Br)N1CCCNCC1. The highest BCUT2D eigenvalue weighted by Crippen LogP contribution is 2.12. The number of nitrogens with zero attached hydrogens (tertiary/aromatic N) is 5. The molecule has 1 aliphatic heterocycles. The van der Waals surface area contributed by atoms with E-state index >= 15 is 0 Å². The Balaban J connectivity index is 2.03. The van der Waals surface area contributed by atoms with Gasteiger partial charge in [-0.3, -0.25) is 4.79 Å².